The lowest BCUT2D eigenvalue weighted by Gasteiger charge is -2.08. The quantitative estimate of drug-likeness (QED) is 0.563. The highest BCUT2D eigenvalue weighted by atomic mass is 32.1. The summed E-state index contributed by atoms with van der Waals surface area (Å²) in [5.41, 5.74) is 3.55. The Morgan fingerprint density at radius 1 is 1.03 bits per heavy atom. The second kappa shape index (κ2) is 9.05. The van der Waals surface area contributed by atoms with Crippen molar-refractivity contribution in [3.05, 3.63) is 60.2 Å². The number of hydrogen-bond acceptors (Lipinski definition) is 4. The summed E-state index contributed by atoms with van der Waals surface area (Å²) < 4.78 is 43.8. The molecule has 29 heavy (non-hydrogen) atoms. The molecular formula is C18H19F3N6OS. The summed E-state index contributed by atoms with van der Waals surface area (Å²) in [5, 5.41) is 14.4. The Morgan fingerprint density at radius 3 is 2.24 bits per heavy atom. The Labute approximate surface area is 170 Å². The van der Waals surface area contributed by atoms with Crippen LogP contribution in [0, 0.1) is 6.92 Å². The molecule has 154 valence electrons. The summed E-state index contributed by atoms with van der Waals surface area (Å²) in [6.07, 6.45) is 2.03. The maximum atomic E-state index is 12.1. The van der Waals surface area contributed by atoms with Crippen LogP contribution in [0.5, 0.6) is 0 Å². The molecule has 2 aromatic heterocycles. The third kappa shape index (κ3) is 6.88. The smallest absolute Gasteiger partial charge is 0.350 e. The normalized spacial score (nSPS) is 11.4. The number of rotatable bonds is 7. The first kappa shape index (κ1) is 20.8. The number of thiocarbonyl (C=S) groups is 1. The van der Waals surface area contributed by atoms with Gasteiger partial charge in [0.25, 0.3) is 0 Å². The van der Waals surface area contributed by atoms with E-state index in [9.17, 15) is 13.2 Å². The Bertz CT molecular complexity index is 951. The molecule has 0 radical (unpaired) electrons. The second-order valence-corrected chi connectivity index (χ2v) is 6.76. The fraction of sp³-hybridized carbons (Fsp3) is 0.278. The molecule has 0 amide bonds. The third-order valence-corrected chi connectivity index (χ3v) is 3.94. The van der Waals surface area contributed by atoms with E-state index in [-0.39, 0.29) is 6.73 Å². The van der Waals surface area contributed by atoms with Crippen molar-refractivity contribution in [2.75, 3.05) is 17.2 Å². The number of hydrogen-bond donors (Lipinski definition) is 2. The molecule has 0 atom stereocenters. The largest absolute Gasteiger partial charge is 0.411 e. The van der Waals surface area contributed by atoms with Crippen LogP contribution >= 0.6 is 12.2 Å². The number of aryl methyl sites for hydroxylation is 1. The number of aromatic nitrogens is 4. The summed E-state index contributed by atoms with van der Waals surface area (Å²) in [6.45, 7) is 1.02. The zero-order valence-electron chi connectivity index (χ0n) is 15.5. The van der Waals surface area contributed by atoms with Gasteiger partial charge in [-0.25, -0.2) is 4.68 Å². The van der Waals surface area contributed by atoms with E-state index in [0.29, 0.717) is 23.0 Å². The van der Waals surface area contributed by atoms with Gasteiger partial charge in [0.05, 0.1) is 36.5 Å². The lowest BCUT2D eigenvalue weighted by molar-refractivity contribution is -0.182. The molecule has 7 nitrogen and oxygen atoms in total. The summed E-state index contributed by atoms with van der Waals surface area (Å²) in [7, 11) is 0. The monoisotopic (exact) mass is 424 g/mol. The van der Waals surface area contributed by atoms with Gasteiger partial charge in [-0.3, -0.25) is 4.68 Å². The first-order valence-corrected chi connectivity index (χ1v) is 9.01. The molecular weight excluding hydrogens is 405 g/mol. The minimum Gasteiger partial charge on any atom is -0.350 e. The molecule has 3 rings (SSSR count). The Balaban J connectivity index is 1.47. The lowest BCUT2D eigenvalue weighted by Crippen LogP contribution is -2.19. The summed E-state index contributed by atoms with van der Waals surface area (Å²) >= 11 is 5.24. The van der Waals surface area contributed by atoms with Crippen molar-refractivity contribution >= 4 is 28.7 Å². The highest BCUT2D eigenvalue weighted by Crippen LogP contribution is 2.15. The first-order chi connectivity index (χ1) is 13.8. The van der Waals surface area contributed by atoms with Crippen molar-refractivity contribution in [2.24, 2.45) is 0 Å². The summed E-state index contributed by atoms with van der Waals surface area (Å²) in [4.78, 5) is 0. The van der Waals surface area contributed by atoms with Gasteiger partial charge in [0.15, 0.2) is 5.11 Å². The molecule has 0 aliphatic carbocycles. The molecule has 0 unspecified atom stereocenters. The molecule has 0 saturated carbocycles. The number of anilines is 2. The van der Waals surface area contributed by atoms with Crippen molar-refractivity contribution in [2.45, 2.75) is 26.4 Å². The molecule has 11 heteroatoms. The summed E-state index contributed by atoms with van der Waals surface area (Å²) in [6, 6.07) is 8.19. The molecule has 2 heterocycles. The second-order valence-electron chi connectivity index (χ2n) is 6.35. The van der Waals surface area contributed by atoms with Gasteiger partial charge in [0, 0.05) is 6.20 Å². The molecule has 1 aromatic carbocycles. The SMILES string of the molecule is Cc1ccc(Cn2cc(NC(=S)Nc3cnn(COCC(F)(F)F)c3)cn2)cc1. The number of benzene rings is 1. The minimum absolute atomic E-state index is 0.302. The van der Waals surface area contributed by atoms with Crippen LogP contribution in [0.4, 0.5) is 24.5 Å². The number of ether oxygens (including phenoxy) is 1. The maximum absolute atomic E-state index is 12.1. The minimum atomic E-state index is -4.37. The molecule has 0 spiro atoms. The standard InChI is InChI=1S/C18H19F3N6OS/c1-13-2-4-14(5-3-13)8-26-9-15(6-22-26)24-17(29)25-16-7-23-27(10-16)12-28-11-18(19,20)21/h2-7,9-10H,8,11-12H2,1H3,(H2,24,25,29). The average molecular weight is 424 g/mol. The predicted molar refractivity (Wildman–Crippen MR) is 107 cm³/mol. The number of nitrogens with one attached hydrogen (secondary N) is 2. The third-order valence-electron chi connectivity index (χ3n) is 3.74. The van der Waals surface area contributed by atoms with Crippen LogP contribution in [0.1, 0.15) is 11.1 Å². The first-order valence-electron chi connectivity index (χ1n) is 8.60. The van der Waals surface area contributed by atoms with Gasteiger partial charge >= 0.3 is 6.18 Å². The van der Waals surface area contributed by atoms with Crippen LogP contribution in [0.25, 0.3) is 0 Å². The number of halogens is 3. The lowest BCUT2D eigenvalue weighted by atomic mass is 10.1. The average Bonchev–Trinajstić information content (AvgIpc) is 3.25. The fourth-order valence-electron chi connectivity index (χ4n) is 2.44. The number of nitrogens with zero attached hydrogens (tertiary/aromatic N) is 4. The van der Waals surface area contributed by atoms with Crippen LogP contribution in [0.15, 0.2) is 49.1 Å². The molecule has 0 fully saturated rings. The topological polar surface area (TPSA) is 68.9 Å². The summed E-state index contributed by atoms with van der Waals surface area (Å²) in [5.74, 6) is 0. The van der Waals surface area contributed by atoms with Crippen LogP contribution in [-0.4, -0.2) is 37.5 Å². The van der Waals surface area contributed by atoms with Crippen molar-refractivity contribution in [1.29, 1.82) is 0 Å². The van der Waals surface area contributed by atoms with E-state index in [1.54, 1.807) is 10.9 Å². The van der Waals surface area contributed by atoms with Gasteiger partial charge in [-0.2, -0.15) is 23.4 Å². The molecule has 3 aromatic rings. The van der Waals surface area contributed by atoms with E-state index < -0.39 is 12.8 Å². The number of alkyl halides is 3. The molecule has 0 aliphatic rings. The van der Waals surface area contributed by atoms with Gasteiger partial charge in [0.2, 0.25) is 0 Å². The van der Waals surface area contributed by atoms with Crippen molar-refractivity contribution in [1.82, 2.24) is 19.6 Å². The Hall–Kier alpha value is -2.92. The van der Waals surface area contributed by atoms with Crippen molar-refractivity contribution < 1.29 is 17.9 Å². The fourth-order valence-corrected chi connectivity index (χ4v) is 2.68. The zero-order chi connectivity index (χ0) is 20.9. The van der Waals surface area contributed by atoms with E-state index in [4.69, 9.17) is 12.2 Å². The molecule has 0 bridgehead atoms. The van der Waals surface area contributed by atoms with Gasteiger partial charge < -0.3 is 15.4 Å². The van der Waals surface area contributed by atoms with Crippen LogP contribution in [0.3, 0.4) is 0 Å². The van der Waals surface area contributed by atoms with Gasteiger partial charge in [-0.1, -0.05) is 29.8 Å². The van der Waals surface area contributed by atoms with Crippen molar-refractivity contribution in [3.63, 3.8) is 0 Å². The molecule has 2 N–H and O–H groups in total. The maximum Gasteiger partial charge on any atom is 0.411 e. The molecule has 0 aliphatic heterocycles. The van der Waals surface area contributed by atoms with Gasteiger partial charge in [0.1, 0.15) is 13.3 Å². The van der Waals surface area contributed by atoms with E-state index in [0.717, 1.165) is 5.56 Å². The van der Waals surface area contributed by atoms with Gasteiger partial charge in [-0.15, -0.1) is 0 Å². The predicted octanol–water partition coefficient (Wildman–Crippen LogP) is 3.78. The van der Waals surface area contributed by atoms with Crippen LogP contribution < -0.4 is 10.6 Å². The van der Waals surface area contributed by atoms with Gasteiger partial charge in [-0.05, 0) is 24.7 Å². The van der Waals surface area contributed by atoms with Crippen LogP contribution in [-0.2, 0) is 18.0 Å². The van der Waals surface area contributed by atoms with Crippen molar-refractivity contribution in [3.8, 4) is 0 Å². The molecule has 0 saturated heterocycles. The highest BCUT2D eigenvalue weighted by molar-refractivity contribution is 7.80. The Morgan fingerprint density at radius 2 is 1.62 bits per heavy atom. The zero-order valence-corrected chi connectivity index (χ0v) is 16.3. The highest BCUT2D eigenvalue weighted by Gasteiger charge is 2.27. The Kier molecular flexibility index (Phi) is 6.49. The van der Waals surface area contributed by atoms with E-state index in [1.807, 2.05) is 37.4 Å². The van der Waals surface area contributed by atoms with E-state index in [1.165, 1.54) is 22.6 Å². The van der Waals surface area contributed by atoms with E-state index >= 15 is 0 Å². The van der Waals surface area contributed by atoms with Crippen LogP contribution in [0.2, 0.25) is 0 Å². The van der Waals surface area contributed by atoms with E-state index in [2.05, 4.69) is 25.6 Å².